The van der Waals surface area contributed by atoms with Gasteiger partial charge >= 0.3 is 5.97 Å². The van der Waals surface area contributed by atoms with Gasteiger partial charge < -0.3 is 9.64 Å². The van der Waals surface area contributed by atoms with Crippen LogP contribution in [-0.2, 0) is 16.1 Å². The van der Waals surface area contributed by atoms with Crippen molar-refractivity contribution in [2.75, 3.05) is 25.6 Å². The van der Waals surface area contributed by atoms with E-state index in [0.29, 0.717) is 11.2 Å². The molecule has 1 aromatic carbocycles. The van der Waals surface area contributed by atoms with Crippen molar-refractivity contribution in [2.45, 2.75) is 13.5 Å². The highest BCUT2D eigenvalue weighted by Crippen LogP contribution is 2.24. The van der Waals surface area contributed by atoms with Crippen LogP contribution in [0.3, 0.4) is 0 Å². The number of nitrogens with zero attached hydrogens (tertiary/aromatic N) is 3. The molecule has 1 heterocycles. The number of ether oxygens (including phenoxy) is 1. The Hall–Kier alpha value is -1.89. The summed E-state index contributed by atoms with van der Waals surface area (Å²) in [7, 11) is 3.67. The van der Waals surface area contributed by atoms with Gasteiger partial charge in [-0.25, -0.2) is 4.68 Å². The summed E-state index contributed by atoms with van der Waals surface area (Å²) in [6, 6.07) is 5.35. The molecule has 0 fully saturated rings. The normalized spacial score (nSPS) is 10.7. The first-order valence-corrected chi connectivity index (χ1v) is 7.26. The second kappa shape index (κ2) is 6.26. The Morgan fingerprint density at radius 2 is 2.10 bits per heavy atom. The van der Waals surface area contributed by atoms with Crippen LogP contribution in [0.15, 0.2) is 27.5 Å². The molecule has 6 nitrogen and oxygen atoms in total. The van der Waals surface area contributed by atoms with Crippen molar-refractivity contribution >= 4 is 38.5 Å². The standard InChI is InChI=1S/C14H16BrN3O3/c1-4-21-12(19)8-18-14(20)10-6-5-9(15)7-11(10)13(16-18)17(2)3/h5-7H,4,8H2,1-3H3. The van der Waals surface area contributed by atoms with Gasteiger partial charge in [-0.2, -0.15) is 5.10 Å². The van der Waals surface area contributed by atoms with E-state index in [1.54, 1.807) is 24.0 Å². The lowest BCUT2D eigenvalue weighted by Gasteiger charge is -2.16. The van der Waals surface area contributed by atoms with Crippen LogP contribution in [0.25, 0.3) is 10.8 Å². The van der Waals surface area contributed by atoms with E-state index in [4.69, 9.17) is 4.74 Å². The number of fused-ring (bicyclic) bond motifs is 1. The third-order valence-electron chi connectivity index (χ3n) is 2.91. The minimum absolute atomic E-state index is 0.195. The Morgan fingerprint density at radius 3 is 2.71 bits per heavy atom. The Kier molecular flexibility index (Phi) is 4.62. The quantitative estimate of drug-likeness (QED) is 0.784. The summed E-state index contributed by atoms with van der Waals surface area (Å²) in [6.07, 6.45) is 0. The molecule has 2 aromatic rings. The largest absolute Gasteiger partial charge is 0.465 e. The molecule has 2 rings (SSSR count). The molecule has 0 N–H and O–H groups in total. The highest BCUT2D eigenvalue weighted by molar-refractivity contribution is 9.10. The van der Waals surface area contributed by atoms with Gasteiger partial charge in [0.05, 0.1) is 12.0 Å². The number of hydrogen-bond donors (Lipinski definition) is 0. The van der Waals surface area contributed by atoms with Gasteiger partial charge in [0.2, 0.25) is 0 Å². The second-order valence-corrected chi connectivity index (χ2v) is 5.59. The minimum atomic E-state index is -0.478. The fourth-order valence-electron chi connectivity index (χ4n) is 2.01. The van der Waals surface area contributed by atoms with Gasteiger partial charge in [-0.05, 0) is 25.1 Å². The number of carbonyl (C=O) groups excluding carboxylic acids is 1. The van der Waals surface area contributed by atoms with Crippen LogP contribution < -0.4 is 10.5 Å². The molecule has 0 saturated heterocycles. The van der Waals surface area contributed by atoms with Crippen LogP contribution in [0.1, 0.15) is 6.92 Å². The number of esters is 1. The first-order chi connectivity index (χ1) is 9.93. The lowest BCUT2D eigenvalue weighted by Crippen LogP contribution is -2.30. The summed E-state index contributed by atoms with van der Waals surface area (Å²) in [4.78, 5) is 25.8. The first kappa shape index (κ1) is 15.5. The summed E-state index contributed by atoms with van der Waals surface area (Å²) in [5.41, 5.74) is -0.309. The lowest BCUT2D eigenvalue weighted by molar-refractivity contribution is -0.144. The molecule has 0 aliphatic rings. The zero-order chi connectivity index (χ0) is 15.6. The van der Waals surface area contributed by atoms with E-state index in [9.17, 15) is 9.59 Å². The van der Waals surface area contributed by atoms with Gasteiger partial charge in [0, 0.05) is 24.0 Å². The first-order valence-electron chi connectivity index (χ1n) is 6.47. The molecule has 0 bridgehead atoms. The number of anilines is 1. The van der Waals surface area contributed by atoms with Gasteiger partial charge in [-0.1, -0.05) is 15.9 Å². The number of hydrogen-bond acceptors (Lipinski definition) is 5. The Labute approximate surface area is 130 Å². The summed E-state index contributed by atoms with van der Waals surface area (Å²) in [5, 5.41) is 5.52. The van der Waals surface area contributed by atoms with Crippen LogP contribution >= 0.6 is 15.9 Å². The lowest BCUT2D eigenvalue weighted by atomic mass is 10.2. The molecule has 7 heteroatoms. The number of carbonyl (C=O) groups is 1. The fourth-order valence-corrected chi connectivity index (χ4v) is 2.37. The third kappa shape index (κ3) is 3.24. The minimum Gasteiger partial charge on any atom is -0.465 e. The Morgan fingerprint density at radius 1 is 1.38 bits per heavy atom. The predicted octanol–water partition coefficient (Wildman–Crippen LogP) is 1.79. The second-order valence-electron chi connectivity index (χ2n) is 4.68. The fraction of sp³-hybridized carbons (Fsp3) is 0.357. The molecule has 0 aliphatic carbocycles. The van der Waals surface area contributed by atoms with Crippen LogP contribution in [0.2, 0.25) is 0 Å². The van der Waals surface area contributed by atoms with Crippen molar-refractivity contribution in [3.63, 3.8) is 0 Å². The van der Waals surface area contributed by atoms with Crippen molar-refractivity contribution in [3.8, 4) is 0 Å². The molecule has 0 amide bonds. The molecular formula is C14H16BrN3O3. The van der Waals surface area contributed by atoms with E-state index in [1.165, 1.54) is 0 Å². The van der Waals surface area contributed by atoms with E-state index < -0.39 is 5.97 Å². The van der Waals surface area contributed by atoms with Gasteiger partial charge in [0.25, 0.3) is 5.56 Å². The molecule has 112 valence electrons. The number of halogens is 1. The van der Waals surface area contributed by atoms with E-state index >= 15 is 0 Å². The zero-order valence-electron chi connectivity index (χ0n) is 12.1. The average molecular weight is 354 g/mol. The average Bonchev–Trinajstić information content (AvgIpc) is 2.41. The maximum absolute atomic E-state index is 12.4. The van der Waals surface area contributed by atoms with Gasteiger partial charge in [-0.15, -0.1) is 0 Å². The maximum Gasteiger partial charge on any atom is 0.327 e. The molecule has 0 aliphatic heterocycles. The zero-order valence-corrected chi connectivity index (χ0v) is 13.7. The van der Waals surface area contributed by atoms with Crippen molar-refractivity contribution in [1.82, 2.24) is 9.78 Å². The van der Waals surface area contributed by atoms with Gasteiger partial charge in [-0.3, -0.25) is 9.59 Å². The Bertz CT molecular complexity index is 740. The van der Waals surface area contributed by atoms with Crippen molar-refractivity contribution in [3.05, 3.63) is 33.0 Å². The predicted molar refractivity (Wildman–Crippen MR) is 84.7 cm³/mol. The topological polar surface area (TPSA) is 64.4 Å². The molecule has 1 aromatic heterocycles. The van der Waals surface area contributed by atoms with E-state index in [0.717, 1.165) is 14.5 Å². The van der Waals surface area contributed by atoms with Crippen LogP contribution in [-0.4, -0.2) is 36.5 Å². The van der Waals surface area contributed by atoms with Crippen molar-refractivity contribution in [1.29, 1.82) is 0 Å². The van der Waals surface area contributed by atoms with Crippen molar-refractivity contribution in [2.24, 2.45) is 0 Å². The molecule has 0 saturated carbocycles. The van der Waals surface area contributed by atoms with E-state index in [1.807, 2.05) is 20.2 Å². The van der Waals surface area contributed by atoms with E-state index in [-0.39, 0.29) is 18.7 Å². The van der Waals surface area contributed by atoms with Gasteiger partial charge in [0.15, 0.2) is 5.82 Å². The summed E-state index contributed by atoms with van der Waals surface area (Å²) in [5.74, 6) is 0.142. The van der Waals surface area contributed by atoms with Crippen LogP contribution in [0.5, 0.6) is 0 Å². The summed E-state index contributed by atoms with van der Waals surface area (Å²) >= 11 is 3.39. The highest BCUT2D eigenvalue weighted by atomic mass is 79.9. The number of benzene rings is 1. The summed E-state index contributed by atoms with van der Waals surface area (Å²) in [6.45, 7) is 1.80. The summed E-state index contributed by atoms with van der Waals surface area (Å²) < 4.78 is 6.88. The monoisotopic (exact) mass is 353 g/mol. The van der Waals surface area contributed by atoms with E-state index in [2.05, 4.69) is 21.0 Å². The number of aromatic nitrogens is 2. The third-order valence-corrected chi connectivity index (χ3v) is 3.40. The van der Waals surface area contributed by atoms with Gasteiger partial charge in [0.1, 0.15) is 6.54 Å². The molecular weight excluding hydrogens is 338 g/mol. The molecule has 0 unspecified atom stereocenters. The molecule has 21 heavy (non-hydrogen) atoms. The van der Waals surface area contributed by atoms with Crippen LogP contribution in [0, 0.1) is 0 Å². The maximum atomic E-state index is 12.4. The number of rotatable bonds is 4. The molecule has 0 atom stereocenters. The SMILES string of the molecule is CCOC(=O)Cn1nc(N(C)C)c2cc(Br)ccc2c1=O. The highest BCUT2D eigenvalue weighted by Gasteiger charge is 2.14. The molecule has 0 radical (unpaired) electrons. The van der Waals surface area contributed by atoms with Crippen molar-refractivity contribution < 1.29 is 9.53 Å². The van der Waals surface area contributed by atoms with Crippen LogP contribution in [0.4, 0.5) is 5.82 Å². The smallest absolute Gasteiger partial charge is 0.327 e. The molecule has 0 spiro atoms. The Balaban J connectivity index is 2.63.